The van der Waals surface area contributed by atoms with Gasteiger partial charge in [0.05, 0.1) is 6.10 Å². The predicted octanol–water partition coefficient (Wildman–Crippen LogP) is 3.94. The molecule has 0 aromatic heterocycles. The summed E-state index contributed by atoms with van der Waals surface area (Å²) in [5, 5.41) is 4.78. The van der Waals surface area contributed by atoms with Crippen LogP contribution in [0.4, 0.5) is 0 Å². The molecule has 1 aromatic rings. The molecule has 0 bridgehead atoms. The lowest BCUT2D eigenvalue weighted by molar-refractivity contribution is 0.0339. The minimum absolute atomic E-state index is 0.190. The third kappa shape index (κ3) is 4.43. The Morgan fingerprint density at radius 2 is 2.00 bits per heavy atom. The van der Waals surface area contributed by atoms with Crippen molar-refractivity contribution in [2.24, 2.45) is 0 Å². The molecule has 0 saturated heterocycles. The zero-order valence-corrected chi connectivity index (χ0v) is 12.7. The molecule has 0 heterocycles. The lowest BCUT2D eigenvalue weighted by atomic mass is 9.99. The number of hydrogen-bond acceptors (Lipinski definition) is 2. The smallest absolute Gasteiger partial charge is 0.0728 e. The molecule has 2 unspecified atom stereocenters. The van der Waals surface area contributed by atoms with Crippen LogP contribution in [-0.4, -0.2) is 25.8 Å². The van der Waals surface area contributed by atoms with Gasteiger partial charge in [-0.05, 0) is 50.6 Å². The van der Waals surface area contributed by atoms with Gasteiger partial charge in [-0.2, -0.15) is 0 Å². The summed E-state index contributed by atoms with van der Waals surface area (Å²) in [4.78, 5) is 0. The Bertz CT molecular complexity index is 371. The number of benzene rings is 1. The lowest BCUT2D eigenvalue weighted by Crippen LogP contribution is -2.40. The molecular weight excluding hydrogens is 269 g/mol. The molecule has 1 aromatic carbocycles. The molecule has 2 nitrogen and oxygen atoms in total. The Hall–Kier alpha value is -0.280. The van der Waals surface area contributed by atoms with Crippen molar-refractivity contribution < 1.29 is 4.74 Å². The van der Waals surface area contributed by atoms with Crippen molar-refractivity contribution in [1.82, 2.24) is 5.32 Å². The van der Waals surface area contributed by atoms with Crippen LogP contribution in [0.25, 0.3) is 0 Å². The van der Waals surface area contributed by atoms with E-state index >= 15 is 0 Å². The summed E-state index contributed by atoms with van der Waals surface area (Å²) in [6.45, 7) is 4.87. The van der Waals surface area contributed by atoms with Gasteiger partial charge in [0.25, 0.3) is 0 Å². The first-order valence-corrected chi connectivity index (χ1v) is 7.10. The van der Waals surface area contributed by atoms with E-state index in [4.69, 9.17) is 27.9 Å². The minimum Gasteiger partial charge on any atom is -0.377 e. The van der Waals surface area contributed by atoms with E-state index in [1.54, 1.807) is 0 Å². The van der Waals surface area contributed by atoms with Crippen LogP contribution < -0.4 is 5.32 Å². The third-order valence-electron chi connectivity index (χ3n) is 3.05. The Labute approximate surface area is 120 Å². The summed E-state index contributed by atoms with van der Waals surface area (Å²) in [6.07, 6.45) is 1.97. The zero-order valence-electron chi connectivity index (χ0n) is 11.2. The molecule has 2 atom stereocenters. The second-order valence-electron chi connectivity index (χ2n) is 4.24. The Morgan fingerprint density at radius 3 is 2.56 bits per heavy atom. The highest BCUT2D eigenvalue weighted by atomic mass is 35.5. The number of ether oxygens (including phenoxy) is 1. The monoisotopic (exact) mass is 289 g/mol. The quantitative estimate of drug-likeness (QED) is 0.821. The number of halogens is 2. The van der Waals surface area contributed by atoms with Crippen LogP contribution >= 0.6 is 23.2 Å². The van der Waals surface area contributed by atoms with E-state index in [0.29, 0.717) is 5.02 Å². The summed E-state index contributed by atoms with van der Waals surface area (Å²) in [7, 11) is 1.95. The van der Waals surface area contributed by atoms with Gasteiger partial charge in [0.2, 0.25) is 0 Å². The molecule has 18 heavy (non-hydrogen) atoms. The SMILES string of the molecule is CCOC(CC)C(Cc1cc(Cl)ccc1Cl)NC. The summed E-state index contributed by atoms with van der Waals surface area (Å²) >= 11 is 12.2. The van der Waals surface area contributed by atoms with Crippen LogP contribution in [0.5, 0.6) is 0 Å². The molecule has 1 N–H and O–H groups in total. The fraction of sp³-hybridized carbons (Fsp3) is 0.571. The molecule has 0 aliphatic carbocycles. The number of nitrogens with one attached hydrogen (secondary N) is 1. The van der Waals surface area contributed by atoms with E-state index in [1.165, 1.54) is 0 Å². The van der Waals surface area contributed by atoms with Crippen LogP contribution in [0, 0.1) is 0 Å². The minimum atomic E-state index is 0.190. The van der Waals surface area contributed by atoms with Gasteiger partial charge in [-0.15, -0.1) is 0 Å². The second-order valence-corrected chi connectivity index (χ2v) is 5.08. The lowest BCUT2D eigenvalue weighted by Gasteiger charge is -2.26. The Morgan fingerprint density at radius 1 is 1.28 bits per heavy atom. The fourth-order valence-corrected chi connectivity index (χ4v) is 2.48. The highest BCUT2D eigenvalue weighted by Crippen LogP contribution is 2.23. The van der Waals surface area contributed by atoms with Crippen molar-refractivity contribution in [3.63, 3.8) is 0 Å². The summed E-state index contributed by atoms with van der Waals surface area (Å²) in [6, 6.07) is 5.81. The van der Waals surface area contributed by atoms with Crippen molar-refractivity contribution in [1.29, 1.82) is 0 Å². The zero-order chi connectivity index (χ0) is 13.5. The first-order chi connectivity index (χ1) is 8.62. The Kier molecular flexibility index (Phi) is 7.02. The van der Waals surface area contributed by atoms with Gasteiger partial charge in [-0.25, -0.2) is 0 Å². The van der Waals surface area contributed by atoms with E-state index < -0.39 is 0 Å². The first-order valence-electron chi connectivity index (χ1n) is 6.35. The molecule has 0 fully saturated rings. The molecule has 0 aliphatic heterocycles. The van der Waals surface area contributed by atoms with Crippen LogP contribution in [0.2, 0.25) is 10.0 Å². The molecule has 0 spiro atoms. The first kappa shape index (κ1) is 15.8. The summed E-state index contributed by atoms with van der Waals surface area (Å²) in [5.74, 6) is 0. The molecule has 1 rings (SSSR count). The topological polar surface area (TPSA) is 21.3 Å². The van der Waals surface area contributed by atoms with Gasteiger partial charge in [0.1, 0.15) is 0 Å². The van der Waals surface area contributed by atoms with E-state index in [2.05, 4.69) is 12.2 Å². The van der Waals surface area contributed by atoms with Gasteiger partial charge in [0.15, 0.2) is 0 Å². The molecule has 0 aliphatic rings. The average Bonchev–Trinajstić information content (AvgIpc) is 2.37. The molecule has 4 heteroatoms. The van der Waals surface area contributed by atoms with E-state index in [0.717, 1.165) is 30.0 Å². The normalized spacial score (nSPS) is 14.5. The Balaban J connectivity index is 2.81. The maximum atomic E-state index is 6.19. The molecule has 102 valence electrons. The number of rotatable bonds is 7. The van der Waals surface area contributed by atoms with Gasteiger partial charge in [0, 0.05) is 22.7 Å². The highest BCUT2D eigenvalue weighted by molar-refractivity contribution is 6.33. The van der Waals surface area contributed by atoms with Crippen molar-refractivity contribution >= 4 is 23.2 Å². The maximum Gasteiger partial charge on any atom is 0.0728 e. The molecule has 0 saturated carbocycles. The largest absolute Gasteiger partial charge is 0.377 e. The van der Waals surface area contributed by atoms with Crippen LogP contribution in [-0.2, 0) is 11.2 Å². The fourth-order valence-electron chi connectivity index (χ4n) is 2.09. The molecule has 0 amide bonds. The van der Waals surface area contributed by atoms with Crippen LogP contribution in [0.1, 0.15) is 25.8 Å². The molecular formula is C14H21Cl2NO. The van der Waals surface area contributed by atoms with Crippen molar-refractivity contribution in [2.75, 3.05) is 13.7 Å². The maximum absolute atomic E-state index is 6.19. The predicted molar refractivity (Wildman–Crippen MR) is 78.7 cm³/mol. The third-order valence-corrected chi connectivity index (χ3v) is 3.65. The number of hydrogen-bond donors (Lipinski definition) is 1. The van der Waals surface area contributed by atoms with Crippen molar-refractivity contribution in [2.45, 2.75) is 38.8 Å². The van der Waals surface area contributed by atoms with E-state index in [9.17, 15) is 0 Å². The van der Waals surface area contributed by atoms with Crippen molar-refractivity contribution in [3.8, 4) is 0 Å². The van der Waals surface area contributed by atoms with Crippen LogP contribution in [0.15, 0.2) is 18.2 Å². The number of likely N-dealkylation sites (N-methyl/N-ethyl adjacent to an activating group) is 1. The van der Waals surface area contributed by atoms with Gasteiger partial charge in [-0.3, -0.25) is 0 Å². The van der Waals surface area contributed by atoms with Crippen molar-refractivity contribution in [3.05, 3.63) is 33.8 Å². The van der Waals surface area contributed by atoms with Gasteiger partial charge >= 0.3 is 0 Å². The highest BCUT2D eigenvalue weighted by Gasteiger charge is 2.20. The average molecular weight is 290 g/mol. The second kappa shape index (κ2) is 8.00. The standard InChI is InChI=1S/C14H21Cl2NO/c1-4-14(18-5-2)13(17-3)9-10-8-11(15)6-7-12(10)16/h6-8,13-14,17H,4-5,9H2,1-3H3. The summed E-state index contributed by atoms with van der Waals surface area (Å²) < 4.78 is 5.75. The van der Waals surface area contributed by atoms with E-state index in [-0.39, 0.29) is 12.1 Å². The van der Waals surface area contributed by atoms with Gasteiger partial charge < -0.3 is 10.1 Å². The van der Waals surface area contributed by atoms with Gasteiger partial charge in [-0.1, -0.05) is 30.1 Å². The summed E-state index contributed by atoms with van der Waals surface area (Å²) in [5.41, 5.74) is 1.06. The van der Waals surface area contributed by atoms with E-state index in [1.807, 2.05) is 32.2 Å². The molecule has 0 radical (unpaired) electrons. The van der Waals surface area contributed by atoms with Crippen LogP contribution in [0.3, 0.4) is 0 Å².